The molecular formula is C25H27N5O3. The van der Waals surface area contributed by atoms with Crippen LogP contribution in [-0.4, -0.2) is 57.4 Å². The minimum atomic E-state index is -0.558. The molecule has 0 radical (unpaired) electrons. The Balaban J connectivity index is 1.37. The summed E-state index contributed by atoms with van der Waals surface area (Å²) in [6.45, 7) is 1.84. The predicted molar refractivity (Wildman–Crippen MR) is 121 cm³/mol. The third-order valence-corrected chi connectivity index (χ3v) is 6.72. The van der Waals surface area contributed by atoms with Crippen molar-refractivity contribution >= 4 is 11.8 Å². The topological polar surface area (TPSA) is 106 Å². The summed E-state index contributed by atoms with van der Waals surface area (Å²) >= 11 is 0. The van der Waals surface area contributed by atoms with Gasteiger partial charge >= 0.3 is 0 Å². The first-order valence-corrected chi connectivity index (χ1v) is 11.4. The maximum atomic E-state index is 13.7. The molecule has 1 aromatic heterocycles. The lowest BCUT2D eigenvalue weighted by Gasteiger charge is -2.27. The summed E-state index contributed by atoms with van der Waals surface area (Å²) in [6, 6.07) is 19.7. The second kappa shape index (κ2) is 9.15. The van der Waals surface area contributed by atoms with E-state index in [0.717, 1.165) is 12.0 Å². The lowest BCUT2D eigenvalue weighted by molar-refractivity contribution is -0.134. The molecule has 2 N–H and O–H groups in total. The molecule has 5 rings (SSSR count). The Hall–Kier alpha value is -3.52. The number of carbonyl (C=O) groups excluding carboxylic acids is 2. The predicted octanol–water partition coefficient (Wildman–Crippen LogP) is 2.54. The monoisotopic (exact) mass is 445 g/mol. The summed E-state index contributed by atoms with van der Waals surface area (Å²) in [7, 11) is 0. The summed E-state index contributed by atoms with van der Waals surface area (Å²) in [6.07, 6.45) is 1.49. The van der Waals surface area contributed by atoms with E-state index in [1.54, 1.807) is 4.90 Å². The van der Waals surface area contributed by atoms with Crippen LogP contribution in [0.2, 0.25) is 0 Å². The number of carbonyl (C=O) groups is 2. The zero-order valence-corrected chi connectivity index (χ0v) is 18.3. The maximum absolute atomic E-state index is 13.7. The number of amides is 2. The van der Waals surface area contributed by atoms with E-state index in [1.807, 2.05) is 53.4 Å². The number of nitrogens with zero attached hydrogens (tertiary/aromatic N) is 4. The first kappa shape index (κ1) is 21.3. The Bertz CT molecular complexity index is 1120. The third kappa shape index (κ3) is 4.26. The quantitative estimate of drug-likeness (QED) is 0.647. The molecule has 2 saturated heterocycles. The van der Waals surface area contributed by atoms with Crippen LogP contribution in [0.4, 0.5) is 0 Å². The van der Waals surface area contributed by atoms with Gasteiger partial charge in [0.05, 0.1) is 6.54 Å². The largest absolute Gasteiger partial charge is 0.340 e. The molecule has 2 aliphatic heterocycles. The van der Waals surface area contributed by atoms with Crippen LogP contribution in [0.25, 0.3) is 0 Å². The summed E-state index contributed by atoms with van der Waals surface area (Å²) in [5, 5.41) is 3.79. The second-order valence-electron chi connectivity index (χ2n) is 8.71. The van der Waals surface area contributed by atoms with Gasteiger partial charge in [-0.25, -0.2) is 0 Å². The maximum Gasteiger partial charge on any atom is 0.295 e. The van der Waals surface area contributed by atoms with Gasteiger partial charge in [-0.3, -0.25) is 9.59 Å². The van der Waals surface area contributed by atoms with E-state index in [9.17, 15) is 9.59 Å². The Labute approximate surface area is 192 Å². The Morgan fingerprint density at radius 2 is 1.64 bits per heavy atom. The highest BCUT2D eigenvalue weighted by atomic mass is 16.5. The van der Waals surface area contributed by atoms with Crippen molar-refractivity contribution in [1.82, 2.24) is 19.9 Å². The van der Waals surface area contributed by atoms with E-state index >= 15 is 0 Å². The molecule has 170 valence electrons. The molecule has 3 aromatic rings. The number of likely N-dealkylation sites (tertiary alicyclic amines) is 2. The van der Waals surface area contributed by atoms with Crippen LogP contribution in [0.5, 0.6) is 0 Å². The molecule has 2 aromatic carbocycles. The summed E-state index contributed by atoms with van der Waals surface area (Å²) in [5.41, 5.74) is 7.91. The molecule has 2 aliphatic rings. The van der Waals surface area contributed by atoms with Gasteiger partial charge in [0.1, 0.15) is 6.04 Å². The highest BCUT2D eigenvalue weighted by molar-refractivity contribution is 5.95. The summed E-state index contributed by atoms with van der Waals surface area (Å²) < 4.78 is 5.04. The van der Waals surface area contributed by atoms with E-state index < -0.39 is 11.9 Å². The number of nitrogens with two attached hydrogens (primary N) is 1. The normalized spacial score (nSPS) is 22.6. The molecule has 3 atom stereocenters. The Morgan fingerprint density at radius 1 is 0.970 bits per heavy atom. The highest BCUT2D eigenvalue weighted by Crippen LogP contribution is 2.35. The van der Waals surface area contributed by atoms with Crippen LogP contribution in [0.15, 0.2) is 65.2 Å². The Morgan fingerprint density at radius 3 is 2.27 bits per heavy atom. The van der Waals surface area contributed by atoms with Crippen molar-refractivity contribution in [3.63, 3.8) is 0 Å². The molecule has 1 unspecified atom stereocenters. The number of hydrogen-bond donors (Lipinski definition) is 1. The molecular weight excluding hydrogens is 418 g/mol. The average molecular weight is 446 g/mol. The van der Waals surface area contributed by atoms with Crippen molar-refractivity contribution in [1.29, 1.82) is 0 Å². The highest BCUT2D eigenvalue weighted by Gasteiger charge is 2.44. The van der Waals surface area contributed by atoms with E-state index in [0.29, 0.717) is 32.0 Å². The molecule has 33 heavy (non-hydrogen) atoms. The van der Waals surface area contributed by atoms with Crippen molar-refractivity contribution in [2.24, 2.45) is 5.73 Å². The average Bonchev–Trinajstić information content (AvgIpc) is 3.64. The van der Waals surface area contributed by atoms with Crippen molar-refractivity contribution < 1.29 is 14.1 Å². The van der Waals surface area contributed by atoms with Gasteiger partial charge in [0.15, 0.2) is 0 Å². The van der Waals surface area contributed by atoms with Crippen molar-refractivity contribution in [2.45, 2.75) is 37.3 Å². The van der Waals surface area contributed by atoms with E-state index in [-0.39, 0.29) is 30.1 Å². The Kier molecular flexibility index (Phi) is 5.92. The van der Waals surface area contributed by atoms with Crippen molar-refractivity contribution in [3.8, 4) is 0 Å². The molecule has 8 nitrogen and oxygen atoms in total. The zero-order valence-electron chi connectivity index (χ0n) is 18.3. The fraction of sp³-hybridized carbons (Fsp3) is 0.360. The van der Waals surface area contributed by atoms with Gasteiger partial charge in [-0.05, 0) is 24.0 Å². The fourth-order valence-corrected chi connectivity index (χ4v) is 4.98. The standard InChI is InChI=1S/C25H27N5O3/c26-14-22-27-23(28-33-22)25(32)30-16-20(18-9-5-2-6-10-18)13-21(30)24(31)29-12-11-19(15-29)17-7-3-1-4-8-17/h1-10,19-21H,11-16,26H2/t19?,20-,21-/m0/s1. The zero-order chi connectivity index (χ0) is 22.8. The van der Waals surface area contributed by atoms with Gasteiger partial charge in [-0.15, -0.1) is 0 Å². The van der Waals surface area contributed by atoms with Crippen LogP contribution < -0.4 is 5.73 Å². The van der Waals surface area contributed by atoms with Crippen LogP contribution in [0, 0.1) is 0 Å². The SMILES string of the molecule is NCc1nc(C(=O)N2C[C@@H](c3ccccc3)C[C@H]2C(=O)N2CCC(c3ccccc3)C2)no1. The molecule has 8 heteroatoms. The van der Waals surface area contributed by atoms with E-state index in [1.165, 1.54) is 5.56 Å². The molecule has 0 saturated carbocycles. The first-order chi connectivity index (χ1) is 16.1. The summed E-state index contributed by atoms with van der Waals surface area (Å²) in [4.78, 5) is 34.6. The van der Waals surface area contributed by atoms with Crippen LogP contribution >= 0.6 is 0 Å². The first-order valence-electron chi connectivity index (χ1n) is 11.4. The smallest absolute Gasteiger partial charge is 0.295 e. The van der Waals surface area contributed by atoms with Crippen LogP contribution in [-0.2, 0) is 11.3 Å². The van der Waals surface area contributed by atoms with Gasteiger partial charge < -0.3 is 20.1 Å². The van der Waals surface area contributed by atoms with Gasteiger partial charge in [0.2, 0.25) is 11.8 Å². The van der Waals surface area contributed by atoms with Crippen LogP contribution in [0.1, 0.15) is 52.3 Å². The molecule has 2 amide bonds. The fourth-order valence-electron chi connectivity index (χ4n) is 4.98. The molecule has 3 heterocycles. The van der Waals surface area contributed by atoms with Gasteiger partial charge in [-0.2, -0.15) is 4.98 Å². The van der Waals surface area contributed by atoms with E-state index in [2.05, 4.69) is 22.3 Å². The lowest BCUT2D eigenvalue weighted by Crippen LogP contribution is -2.47. The number of benzene rings is 2. The van der Waals surface area contributed by atoms with E-state index in [4.69, 9.17) is 10.3 Å². The minimum absolute atomic E-state index is 0.0113. The molecule has 0 bridgehead atoms. The van der Waals surface area contributed by atoms with Crippen molar-refractivity contribution in [2.75, 3.05) is 19.6 Å². The van der Waals surface area contributed by atoms with Gasteiger partial charge in [-0.1, -0.05) is 65.8 Å². The number of aromatic nitrogens is 2. The molecule has 2 fully saturated rings. The number of rotatable bonds is 5. The van der Waals surface area contributed by atoms with Gasteiger partial charge in [0, 0.05) is 31.5 Å². The molecule has 0 aliphatic carbocycles. The van der Waals surface area contributed by atoms with Crippen molar-refractivity contribution in [3.05, 3.63) is 83.5 Å². The molecule has 0 spiro atoms. The lowest BCUT2D eigenvalue weighted by atomic mass is 9.96. The number of hydrogen-bond acceptors (Lipinski definition) is 6. The summed E-state index contributed by atoms with van der Waals surface area (Å²) in [5.74, 6) is 0.125. The van der Waals surface area contributed by atoms with Crippen LogP contribution in [0.3, 0.4) is 0 Å². The minimum Gasteiger partial charge on any atom is -0.340 e. The third-order valence-electron chi connectivity index (χ3n) is 6.72. The van der Waals surface area contributed by atoms with Gasteiger partial charge in [0.25, 0.3) is 11.7 Å². The second-order valence-corrected chi connectivity index (χ2v) is 8.71.